The Morgan fingerprint density at radius 1 is 1.19 bits per heavy atom. The fourth-order valence-electron chi connectivity index (χ4n) is 2.49. The Balaban J connectivity index is 1.87. The Bertz CT molecular complexity index is 654. The van der Waals surface area contributed by atoms with Gasteiger partial charge in [0.2, 0.25) is 0 Å². The van der Waals surface area contributed by atoms with Gasteiger partial charge in [-0.15, -0.1) is 0 Å². The highest BCUT2D eigenvalue weighted by Gasteiger charge is 2.21. The van der Waals surface area contributed by atoms with Gasteiger partial charge in [-0.25, -0.2) is 0 Å². The number of halogens is 1. The molecule has 0 radical (unpaired) electrons. The van der Waals surface area contributed by atoms with Crippen LogP contribution in [0.4, 0.5) is 0 Å². The van der Waals surface area contributed by atoms with Crippen LogP contribution in [0.2, 0.25) is 5.02 Å². The molecule has 2 aromatic carbocycles. The predicted octanol–water partition coefficient (Wildman–Crippen LogP) is 3.70. The zero-order valence-corrected chi connectivity index (χ0v) is 12.6. The number of aliphatic hydroxyl groups excluding tert-OH is 1. The van der Waals surface area contributed by atoms with Crippen LogP contribution in [-0.2, 0) is 6.42 Å². The molecule has 0 spiro atoms. The molecule has 1 heterocycles. The molecule has 2 aromatic rings. The van der Waals surface area contributed by atoms with Gasteiger partial charge in [-0.1, -0.05) is 35.9 Å². The van der Waals surface area contributed by atoms with Crippen LogP contribution in [0.3, 0.4) is 0 Å². The second-order valence-corrected chi connectivity index (χ2v) is 5.59. The SMILES string of the molecule is Cc1ccc(CC(O)c2cccc3c2OCCO3)c(Cl)c1. The number of aliphatic hydroxyl groups is 1. The van der Waals surface area contributed by atoms with Crippen LogP contribution in [-0.4, -0.2) is 18.3 Å². The van der Waals surface area contributed by atoms with E-state index in [1.54, 1.807) is 0 Å². The maximum Gasteiger partial charge on any atom is 0.167 e. The molecule has 1 unspecified atom stereocenters. The van der Waals surface area contributed by atoms with E-state index in [0.717, 1.165) is 16.7 Å². The first kappa shape index (κ1) is 14.2. The lowest BCUT2D eigenvalue weighted by molar-refractivity contribution is 0.146. The minimum atomic E-state index is -0.679. The largest absolute Gasteiger partial charge is 0.486 e. The van der Waals surface area contributed by atoms with Crippen molar-refractivity contribution in [1.82, 2.24) is 0 Å². The average Bonchev–Trinajstić information content (AvgIpc) is 2.49. The monoisotopic (exact) mass is 304 g/mol. The van der Waals surface area contributed by atoms with Crippen molar-refractivity contribution in [2.45, 2.75) is 19.4 Å². The molecule has 110 valence electrons. The van der Waals surface area contributed by atoms with Crippen molar-refractivity contribution in [3.63, 3.8) is 0 Å². The van der Waals surface area contributed by atoms with Crippen molar-refractivity contribution >= 4 is 11.6 Å². The summed E-state index contributed by atoms with van der Waals surface area (Å²) in [4.78, 5) is 0. The van der Waals surface area contributed by atoms with Crippen LogP contribution in [0.1, 0.15) is 22.8 Å². The van der Waals surface area contributed by atoms with E-state index in [9.17, 15) is 5.11 Å². The second-order valence-electron chi connectivity index (χ2n) is 5.19. The van der Waals surface area contributed by atoms with E-state index >= 15 is 0 Å². The zero-order chi connectivity index (χ0) is 14.8. The Morgan fingerprint density at radius 3 is 2.81 bits per heavy atom. The molecule has 3 nitrogen and oxygen atoms in total. The molecule has 0 amide bonds. The molecule has 4 heteroatoms. The molecule has 1 N–H and O–H groups in total. The van der Waals surface area contributed by atoms with Crippen molar-refractivity contribution in [2.24, 2.45) is 0 Å². The summed E-state index contributed by atoms with van der Waals surface area (Å²) in [6.07, 6.45) is -0.235. The normalized spacial score (nSPS) is 14.8. The molecule has 1 aliphatic heterocycles. The van der Waals surface area contributed by atoms with Gasteiger partial charge in [0.1, 0.15) is 13.2 Å². The van der Waals surface area contributed by atoms with Gasteiger partial charge in [-0.3, -0.25) is 0 Å². The van der Waals surface area contributed by atoms with E-state index in [2.05, 4.69) is 0 Å². The summed E-state index contributed by atoms with van der Waals surface area (Å²) >= 11 is 6.24. The number of hydrogen-bond acceptors (Lipinski definition) is 3. The molecule has 1 aliphatic rings. The molecule has 21 heavy (non-hydrogen) atoms. The van der Waals surface area contributed by atoms with Gasteiger partial charge in [-0.05, 0) is 30.2 Å². The molecular formula is C17H17ClO3. The Hall–Kier alpha value is -1.71. The molecule has 0 aliphatic carbocycles. The number of para-hydroxylation sites is 1. The molecule has 1 atom stereocenters. The maximum absolute atomic E-state index is 10.5. The standard InChI is InChI=1S/C17H17ClO3/c1-11-5-6-12(14(18)9-11)10-15(19)13-3-2-4-16-17(13)21-8-7-20-16/h2-6,9,15,19H,7-8,10H2,1H3. The first-order valence-electron chi connectivity index (χ1n) is 6.97. The molecule has 0 saturated heterocycles. The van der Waals surface area contributed by atoms with Crippen LogP contribution in [0, 0.1) is 6.92 Å². The smallest absolute Gasteiger partial charge is 0.167 e. The van der Waals surface area contributed by atoms with Crippen LogP contribution in [0.5, 0.6) is 11.5 Å². The Kier molecular flexibility index (Phi) is 4.04. The van der Waals surface area contributed by atoms with Gasteiger partial charge >= 0.3 is 0 Å². The molecule has 0 saturated carbocycles. The van der Waals surface area contributed by atoms with Gasteiger partial charge in [0.15, 0.2) is 11.5 Å². The second kappa shape index (κ2) is 5.96. The van der Waals surface area contributed by atoms with E-state index < -0.39 is 6.10 Å². The summed E-state index contributed by atoms with van der Waals surface area (Å²) in [6, 6.07) is 11.4. The van der Waals surface area contributed by atoms with Gasteiger partial charge < -0.3 is 14.6 Å². The van der Waals surface area contributed by atoms with E-state index in [1.165, 1.54) is 0 Å². The lowest BCUT2D eigenvalue weighted by atomic mass is 9.99. The third-order valence-electron chi connectivity index (χ3n) is 3.58. The Labute approximate surface area is 129 Å². The lowest BCUT2D eigenvalue weighted by Crippen LogP contribution is -2.17. The fourth-order valence-corrected chi connectivity index (χ4v) is 2.81. The quantitative estimate of drug-likeness (QED) is 0.940. The third kappa shape index (κ3) is 2.99. The van der Waals surface area contributed by atoms with E-state index in [-0.39, 0.29) is 0 Å². The number of benzene rings is 2. The van der Waals surface area contributed by atoms with Crippen LogP contribution in [0.25, 0.3) is 0 Å². The van der Waals surface area contributed by atoms with Gasteiger partial charge in [0, 0.05) is 17.0 Å². The molecule has 0 aromatic heterocycles. The summed E-state index contributed by atoms with van der Waals surface area (Å²) in [5, 5.41) is 11.2. The highest BCUT2D eigenvalue weighted by atomic mass is 35.5. The number of fused-ring (bicyclic) bond motifs is 1. The minimum absolute atomic E-state index is 0.443. The molecular weight excluding hydrogens is 288 g/mol. The molecule has 0 bridgehead atoms. The van der Waals surface area contributed by atoms with Crippen LogP contribution in [0.15, 0.2) is 36.4 Å². The summed E-state index contributed by atoms with van der Waals surface area (Å²) in [6.45, 7) is 3.03. The first-order chi connectivity index (χ1) is 10.1. The van der Waals surface area contributed by atoms with Gasteiger partial charge in [-0.2, -0.15) is 0 Å². The minimum Gasteiger partial charge on any atom is -0.486 e. The predicted molar refractivity (Wildman–Crippen MR) is 82.3 cm³/mol. The van der Waals surface area contributed by atoms with Crippen molar-refractivity contribution < 1.29 is 14.6 Å². The summed E-state index contributed by atoms with van der Waals surface area (Å²) in [7, 11) is 0. The highest BCUT2D eigenvalue weighted by molar-refractivity contribution is 6.31. The number of hydrogen-bond donors (Lipinski definition) is 1. The van der Waals surface area contributed by atoms with E-state index in [0.29, 0.717) is 36.2 Å². The van der Waals surface area contributed by atoms with Gasteiger partial charge in [0.05, 0.1) is 6.10 Å². The van der Waals surface area contributed by atoms with Crippen molar-refractivity contribution in [1.29, 1.82) is 0 Å². The topological polar surface area (TPSA) is 38.7 Å². The number of rotatable bonds is 3. The lowest BCUT2D eigenvalue weighted by Gasteiger charge is -2.23. The average molecular weight is 305 g/mol. The van der Waals surface area contributed by atoms with Crippen molar-refractivity contribution in [2.75, 3.05) is 13.2 Å². The maximum atomic E-state index is 10.5. The van der Waals surface area contributed by atoms with Crippen molar-refractivity contribution in [3.8, 4) is 11.5 Å². The van der Waals surface area contributed by atoms with E-state index in [4.69, 9.17) is 21.1 Å². The molecule has 0 fully saturated rings. The van der Waals surface area contributed by atoms with Crippen LogP contribution < -0.4 is 9.47 Å². The van der Waals surface area contributed by atoms with E-state index in [1.807, 2.05) is 43.3 Å². The summed E-state index contributed by atoms with van der Waals surface area (Å²) < 4.78 is 11.2. The zero-order valence-electron chi connectivity index (χ0n) is 11.8. The van der Waals surface area contributed by atoms with Crippen LogP contribution >= 0.6 is 11.6 Å². The number of ether oxygens (including phenoxy) is 2. The van der Waals surface area contributed by atoms with Gasteiger partial charge in [0.25, 0.3) is 0 Å². The fraction of sp³-hybridized carbons (Fsp3) is 0.294. The first-order valence-corrected chi connectivity index (χ1v) is 7.34. The third-order valence-corrected chi connectivity index (χ3v) is 3.93. The van der Waals surface area contributed by atoms with Crippen molar-refractivity contribution in [3.05, 3.63) is 58.1 Å². The molecule has 3 rings (SSSR count). The summed E-state index contributed by atoms with van der Waals surface area (Å²) in [5.74, 6) is 1.33. The summed E-state index contributed by atoms with van der Waals surface area (Å²) in [5.41, 5.74) is 2.76. The number of aryl methyl sites for hydroxylation is 1. The Morgan fingerprint density at radius 2 is 2.00 bits per heavy atom. The highest BCUT2D eigenvalue weighted by Crippen LogP contribution is 2.38.